The van der Waals surface area contributed by atoms with Crippen molar-refractivity contribution in [2.24, 2.45) is 11.3 Å². The van der Waals surface area contributed by atoms with Gasteiger partial charge in [-0.25, -0.2) is 13.6 Å². The van der Waals surface area contributed by atoms with Crippen molar-refractivity contribution >= 4 is 6.09 Å². The fourth-order valence-corrected chi connectivity index (χ4v) is 6.36. The Morgan fingerprint density at radius 3 is 2.50 bits per heavy atom. The number of nitrogens with one attached hydrogen (secondary N) is 1. The molecule has 1 amide bonds. The van der Waals surface area contributed by atoms with Gasteiger partial charge in [0.1, 0.15) is 6.10 Å². The highest BCUT2D eigenvalue weighted by Crippen LogP contribution is 2.51. The minimum Gasteiger partial charge on any atom is -0.445 e. The average Bonchev–Trinajstić information content (AvgIpc) is 3.17. The molecule has 0 aromatic heterocycles. The van der Waals surface area contributed by atoms with E-state index < -0.39 is 6.43 Å². The number of piperidine rings is 3. The number of alkyl carbamates (subject to hydrolysis) is 1. The zero-order valence-electron chi connectivity index (χ0n) is 20.0. The van der Waals surface area contributed by atoms with Gasteiger partial charge in [-0.3, -0.25) is 4.90 Å². The normalized spacial score (nSPS) is 27.0. The number of fused-ring (bicyclic) bond motifs is 4. The molecule has 2 bridgehead atoms. The van der Waals surface area contributed by atoms with E-state index in [1.54, 1.807) is 12.1 Å². The van der Waals surface area contributed by atoms with Crippen molar-refractivity contribution in [3.05, 3.63) is 59.2 Å². The van der Waals surface area contributed by atoms with Gasteiger partial charge in [-0.15, -0.1) is 0 Å². The minimum absolute atomic E-state index is 0.0227. The van der Waals surface area contributed by atoms with Gasteiger partial charge in [-0.05, 0) is 84.8 Å². The van der Waals surface area contributed by atoms with Gasteiger partial charge >= 0.3 is 6.09 Å². The summed E-state index contributed by atoms with van der Waals surface area (Å²) in [4.78, 5) is 15.4. The molecule has 0 saturated carbocycles. The molecule has 3 aliphatic heterocycles. The summed E-state index contributed by atoms with van der Waals surface area (Å²) in [7, 11) is 0. The van der Waals surface area contributed by atoms with Crippen LogP contribution in [0.4, 0.5) is 13.6 Å². The maximum Gasteiger partial charge on any atom is 0.407 e. The van der Waals surface area contributed by atoms with E-state index in [2.05, 4.69) is 36.2 Å². The first kappa shape index (κ1) is 23.3. The van der Waals surface area contributed by atoms with Gasteiger partial charge in [0.2, 0.25) is 0 Å². The number of nitrogens with zero attached hydrogens (tertiary/aromatic N) is 1. The van der Waals surface area contributed by atoms with Crippen LogP contribution in [0.1, 0.15) is 68.7 Å². The van der Waals surface area contributed by atoms with Gasteiger partial charge in [0, 0.05) is 12.1 Å². The standard InChI is InChI=1S/C28H34F2N2O2/c1-3-28(4-2)16-22-15-20(19-6-5-7-21(14-19)26(29)30)8-9-23(22)25(28)31-27(33)34-24-17-32-12-10-18(24)11-13-32/h5-9,14-15,18,24-26H,3-4,10-13,16-17H2,1-2H3,(H,31,33)/t24-,25?/m1/s1. The first-order chi connectivity index (χ1) is 16.4. The monoisotopic (exact) mass is 468 g/mol. The molecule has 2 atom stereocenters. The Bertz CT molecular complexity index is 1040. The van der Waals surface area contributed by atoms with E-state index in [1.165, 1.54) is 11.6 Å². The number of hydrogen-bond acceptors (Lipinski definition) is 3. The van der Waals surface area contributed by atoms with Crippen LogP contribution in [-0.2, 0) is 11.2 Å². The van der Waals surface area contributed by atoms with Gasteiger partial charge in [0.05, 0.1) is 6.04 Å². The van der Waals surface area contributed by atoms with E-state index in [4.69, 9.17) is 4.74 Å². The molecule has 3 saturated heterocycles. The van der Waals surface area contributed by atoms with E-state index in [1.807, 2.05) is 12.1 Å². The van der Waals surface area contributed by atoms with Gasteiger partial charge < -0.3 is 10.1 Å². The minimum atomic E-state index is -2.49. The zero-order valence-corrected chi connectivity index (χ0v) is 20.0. The second kappa shape index (κ2) is 9.29. The van der Waals surface area contributed by atoms with Gasteiger partial charge in [-0.2, -0.15) is 0 Å². The molecule has 2 aromatic carbocycles. The second-order valence-corrected chi connectivity index (χ2v) is 10.2. The topological polar surface area (TPSA) is 41.6 Å². The average molecular weight is 469 g/mol. The zero-order chi connectivity index (χ0) is 23.9. The Balaban J connectivity index is 1.38. The van der Waals surface area contributed by atoms with Crippen molar-refractivity contribution in [2.75, 3.05) is 19.6 Å². The Kier molecular flexibility index (Phi) is 6.36. The van der Waals surface area contributed by atoms with Crippen molar-refractivity contribution in [2.45, 2.75) is 64.5 Å². The number of ether oxygens (including phenoxy) is 1. The summed E-state index contributed by atoms with van der Waals surface area (Å²) >= 11 is 0. The molecule has 6 heteroatoms. The maximum atomic E-state index is 13.2. The molecule has 3 fully saturated rings. The molecule has 1 N–H and O–H groups in total. The number of amides is 1. The third-order valence-corrected chi connectivity index (χ3v) is 8.61. The van der Waals surface area contributed by atoms with Crippen LogP contribution in [0.2, 0.25) is 0 Å². The lowest BCUT2D eigenvalue weighted by molar-refractivity contribution is -0.0353. The lowest BCUT2D eigenvalue weighted by atomic mass is 9.76. The SMILES string of the molecule is CCC1(CC)Cc2cc(-c3cccc(C(F)F)c3)ccc2C1NC(=O)O[C@@H]1CN2CCC1CC2. The molecule has 0 spiro atoms. The van der Waals surface area contributed by atoms with Crippen LogP contribution in [0.5, 0.6) is 0 Å². The summed E-state index contributed by atoms with van der Waals surface area (Å²) in [5.41, 5.74) is 3.96. The molecular formula is C28H34F2N2O2. The van der Waals surface area contributed by atoms with Crippen LogP contribution in [0.25, 0.3) is 11.1 Å². The lowest BCUT2D eigenvalue weighted by Gasteiger charge is -2.44. The molecule has 3 heterocycles. The number of hydrogen-bond donors (Lipinski definition) is 1. The number of rotatable bonds is 6. The number of carbonyl (C=O) groups is 1. The van der Waals surface area contributed by atoms with E-state index in [0.717, 1.165) is 68.4 Å². The predicted molar refractivity (Wildman–Crippen MR) is 129 cm³/mol. The summed E-state index contributed by atoms with van der Waals surface area (Å²) in [5, 5.41) is 3.24. The van der Waals surface area contributed by atoms with E-state index >= 15 is 0 Å². The molecular weight excluding hydrogens is 434 g/mol. The summed E-state index contributed by atoms with van der Waals surface area (Å²) in [6.07, 6.45) is 2.09. The molecule has 4 aliphatic rings. The Hall–Kier alpha value is -2.47. The fourth-order valence-electron chi connectivity index (χ4n) is 6.36. The summed E-state index contributed by atoms with van der Waals surface area (Å²) in [5.74, 6) is 0.472. The van der Waals surface area contributed by atoms with E-state index in [9.17, 15) is 13.6 Å². The number of carbonyl (C=O) groups excluding carboxylic acids is 1. The Labute approximate surface area is 200 Å². The molecule has 0 radical (unpaired) electrons. The summed E-state index contributed by atoms with van der Waals surface area (Å²) < 4.78 is 32.4. The fraction of sp³-hybridized carbons (Fsp3) is 0.536. The van der Waals surface area contributed by atoms with Crippen LogP contribution in [0, 0.1) is 11.3 Å². The molecule has 1 aliphatic carbocycles. The number of alkyl halides is 2. The highest BCUT2D eigenvalue weighted by Gasteiger charge is 2.45. The predicted octanol–water partition coefficient (Wildman–Crippen LogP) is 6.52. The second-order valence-electron chi connectivity index (χ2n) is 10.2. The molecule has 4 nitrogen and oxygen atoms in total. The number of benzene rings is 2. The van der Waals surface area contributed by atoms with Crippen LogP contribution in [0.3, 0.4) is 0 Å². The molecule has 2 aromatic rings. The van der Waals surface area contributed by atoms with Gasteiger partial charge in [0.25, 0.3) is 6.43 Å². The van der Waals surface area contributed by atoms with Crippen LogP contribution >= 0.6 is 0 Å². The Morgan fingerprint density at radius 1 is 1.12 bits per heavy atom. The van der Waals surface area contributed by atoms with E-state index in [-0.39, 0.29) is 29.2 Å². The quantitative estimate of drug-likeness (QED) is 0.525. The van der Waals surface area contributed by atoms with Crippen LogP contribution in [0.15, 0.2) is 42.5 Å². The molecule has 182 valence electrons. The number of halogens is 2. The first-order valence-electron chi connectivity index (χ1n) is 12.6. The first-order valence-corrected chi connectivity index (χ1v) is 12.6. The third kappa shape index (κ3) is 4.21. The van der Waals surface area contributed by atoms with E-state index in [0.29, 0.717) is 5.92 Å². The lowest BCUT2D eigenvalue weighted by Crippen LogP contribution is -2.53. The van der Waals surface area contributed by atoms with Crippen molar-refractivity contribution in [3.63, 3.8) is 0 Å². The highest BCUT2D eigenvalue weighted by atomic mass is 19.3. The summed E-state index contributed by atoms with van der Waals surface area (Å²) in [6.45, 7) is 7.41. The van der Waals surface area contributed by atoms with Crippen molar-refractivity contribution < 1.29 is 18.3 Å². The van der Waals surface area contributed by atoms with Crippen LogP contribution in [-0.4, -0.2) is 36.7 Å². The Morgan fingerprint density at radius 2 is 1.85 bits per heavy atom. The smallest absolute Gasteiger partial charge is 0.407 e. The van der Waals surface area contributed by atoms with Gasteiger partial charge in [0.15, 0.2) is 0 Å². The van der Waals surface area contributed by atoms with Gasteiger partial charge in [-0.1, -0.05) is 50.2 Å². The molecule has 1 unspecified atom stereocenters. The maximum absolute atomic E-state index is 13.2. The third-order valence-electron chi connectivity index (χ3n) is 8.61. The molecule has 6 rings (SSSR count). The highest BCUT2D eigenvalue weighted by molar-refractivity contribution is 5.70. The largest absolute Gasteiger partial charge is 0.445 e. The van der Waals surface area contributed by atoms with Crippen molar-refractivity contribution in [3.8, 4) is 11.1 Å². The van der Waals surface area contributed by atoms with Crippen LogP contribution < -0.4 is 5.32 Å². The summed E-state index contributed by atoms with van der Waals surface area (Å²) in [6, 6.07) is 12.6. The molecule has 34 heavy (non-hydrogen) atoms. The van der Waals surface area contributed by atoms with Crippen molar-refractivity contribution in [1.82, 2.24) is 10.2 Å². The van der Waals surface area contributed by atoms with Crippen molar-refractivity contribution in [1.29, 1.82) is 0 Å².